The molecule has 0 heterocycles. The van der Waals surface area contributed by atoms with Gasteiger partial charge < -0.3 is 10.4 Å². The zero-order valence-electron chi connectivity index (χ0n) is 8.10. The topological polar surface area (TPSA) is 49.3 Å². The summed E-state index contributed by atoms with van der Waals surface area (Å²) in [7, 11) is 0. The SMILES string of the molecule is Cc1cc(O)c(NC(=O)CCl)cc1C. The number of amides is 1. The van der Waals surface area contributed by atoms with E-state index in [2.05, 4.69) is 5.32 Å². The van der Waals surface area contributed by atoms with Gasteiger partial charge in [0.15, 0.2) is 0 Å². The lowest BCUT2D eigenvalue weighted by Gasteiger charge is -2.08. The standard InChI is InChI=1S/C10H12ClNO2/c1-6-3-8(12-10(14)5-11)9(13)4-7(6)2/h3-4,13H,5H2,1-2H3,(H,12,14). The highest BCUT2D eigenvalue weighted by Crippen LogP contribution is 2.26. The van der Waals surface area contributed by atoms with E-state index in [1.54, 1.807) is 12.1 Å². The zero-order chi connectivity index (χ0) is 10.7. The molecule has 2 N–H and O–H groups in total. The number of alkyl halides is 1. The van der Waals surface area contributed by atoms with Gasteiger partial charge in [-0.1, -0.05) is 0 Å². The molecule has 0 fully saturated rings. The second-order valence-electron chi connectivity index (χ2n) is 3.14. The van der Waals surface area contributed by atoms with E-state index >= 15 is 0 Å². The fourth-order valence-corrected chi connectivity index (χ4v) is 1.15. The number of aromatic hydroxyl groups is 1. The summed E-state index contributed by atoms with van der Waals surface area (Å²) in [4.78, 5) is 11.0. The molecule has 14 heavy (non-hydrogen) atoms. The Balaban J connectivity index is 2.98. The number of nitrogens with one attached hydrogen (secondary N) is 1. The van der Waals surface area contributed by atoms with Gasteiger partial charge in [0.05, 0.1) is 5.69 Å². The Labute approximate surface area is 87.7 Å². The van der Waals surface area contributed by atoms with Gasteiger partial charge in [-0.2, -0.15) is 0 Å². The number of phenolic OH excluding ortho intramolecular Hbond substituents is 1. The van der Waals surface area contributed by atoms with Crippen LogP contribution in [0.15, 0.2) is 12.1 Å². The Morgan fingerprint density at radius 3 is 2.57 bits per heavy atom. The molecule has 0 atom stereocenters. The highest BCUT2D eigenvalue weighted by atomic mass is 35.5. The Hall–Kier alpha value is -1.22. The average Bonchev–Trinajstić information content (AvgIpc) is 2.14. The molecule has 0 aliphatic carbocycles. The summed E-state index contributed by atoms with van der Waals surface area (Å²) in [5.41, 5.74) is 2.39. The number of carbonyl (C=O) groups excluding carboxylic acids is 1. The predicted octanol–water partition coefficient (Wildman–Crippen LogP) is 2.19. The van der Waals surface area contributed by atoms with Crippen molar-refractivity contribution in [2.45, 2.75) is 13.8 Å². The zero-order valence-corrected chi connectivity index (χ0v) is 8.85. The van der Waals surface area contributed by atoms with Crippen molar-refractivity contribution in [3.8, 4) is 5.75 Å². The molecule has 0 unspecified atom stereocenters. The first-order valence-corrected chi connectivity index (χ1v) is 4.74. The summed E-state index contributed by atoms with van der Waals surface area (Å²) in [5.74, 6) is -0.386. The van der Waals surface area contributed by atoms with Crippen molar-refractivity contribution in [3.05, 3.63) is 23.3 Å². The lowest BCUT2D eigenvalue weighted by molar-refractivity contribution is -0.113. The Morgan fingerprint density at radius 1 is 1.43 bits per heavy atom. The first-order chi connectivity index (χ1) is 6.54. The van der Waals surface area contributed by atoms with Crippen LogP contribution in [0, 0.1) is 13.8 Å². The monoisotopic (exact) mass is 213 g/mol. The number of phenols is 1. The number of hydrogen-bond acceptors (Lipinski definition) is 2. The largest absolute Gasteiger partial charge is 0.506 e. The maximum absolute atomic E-state index is 11.0. The number of aryl methyl sites for hydroxylation is 2. The van der Waals surface area contributed by atoms with E-state index in [4.69, 9.17) is 11.6 Å². The van der Waals surface area contributed by atoms with Crippen molar-refractivity contribution in [1.29, 1.82) is 0 Å². The third-order valence-corrected chi connectivity index (χ3v) is 2.25. The molecule has 1 aromatic carbocycles. The van der Waals surface area contributed by atoms with E-state index in [1.807, 2.05) is 13.8 Å². The number of benzene rings is 1. The van der Waals surface area contributed by atoms with E-state index in [1.165, 1.54) is 0 Å². The molecule has 0 saturated carbocycles. The van der Waals surface area contributed by atoms with E-state index in [0.29, 0.717) is 5.69 Å². The first kappa shape index (κ1) is 10.9. The quantitative estimate of drug-likeness (QED) is 0.585. The Morgan fingerprint density at radius 2 is 2.00 bits per heavy atom. The fourth-order valence-electron chi connectivity index (χ4n) is 1.08. The normalized spacial score (nSPS) is 9.93. The number of halogens is 1. The second kappa shape index (κ2) is 4.33. The number of anilines is 1. The highest BCUT2D eigenvalue weighted by molar-refractivity contribution is 6.29. The second-order valence-corrected chi connectivity index (χ2v) is 3.40. The molecule has 0 aromatic heterocycles. The van der Waals surface area contributed by atoms with Crippen molar-refractivity contribution in [2.75, 3.05) is 11.2 Å². The Kier molecular flexibility index (Phi) is 3.36. The number of rotatable bonds is 2. The van der Waals surface area contributed by atoms with Crippen molar-refractivity contribution in [3.63, 3.8) is 0 Å². The molecular weight excluding hydrogens is 202 g/mol. The van der Waals surface area contributed by atoms with Crippen molar-refractivity contribution in [2.24, 2.45) is 0 Å². The van der Waals surface area contributed by atoms with Gasteiger partial charge >= 0.3 is 0 Å². The molecule has 0 aliphatic heterocycles. The van der Waals surface area contributed by atoms with Crippen LogP contribution in [0.5, 0.6) is 5.75 Å². The predicted molar refractivity (Wildman–Crippen MR) is 56.9 cm³/mol. The molecule has 0 radical (unpaired) electrons. The minimum absolute atomic E-state index is 0.0616. The average molecular weight is 214 g/mol. The molecule has 4 heteroatoms. The van der Waals surface area contributed by atoms with Gasteiger partial charge in [-0.05, 0) is 37.1 Å². The van der Waals surface area contributed by atoms with Crippen LogP contribution in [-0.4, -0.2) is 16.9 Å². The first-order valence-electron chi connectivity index (χ1n) is 4.20. The fraction of sp³-hybridized carbons (Fsp3) is 0.300. The molecule has 0 saturated heterocycles. The third-order valence-electron chi connectivity index (χ3n) is 2.01. The van der Waals surface area contributed by atoms with Gasteiger partial charge in [0.25, 0.3) is 0 Å². The maximum Gasteiger partial charge on any atom is 0.239 e. The maximum atomic E-state index is 11.0. The molecule has 0 bridgehead atoms. The van der Waals surface area contributed by atoms with Gasteiger partial charge in [0.2, 0.25) is 5.91 Å². The molecule has 0 spiro atoms. The van der Waals surface area contributed by atoms with Crippen LogP contribution < -0.4 is 5.32 Å². The van der Waals surface area contributed by atoms with Gasteiger partial charge in [-0.25, -0.2) is 0 Å². The number of hydrogen-bond donors (Lipinski definition) is 2. The summed E-state index contributed by atoms with van der Waals surface area (Å²) in [5, 5.41) is 12.0. The van der Waals surface area contributed by atoms with E-state index in [9.17, 15) is 9.90 Å². The summed E-state index contributed by atoms with van der Waals surface area (Å²) >= 11 is 5.33. The van der Waals surface area contributed by atoms with Crippen LogP contribution >= 0.6 is 11.6 Å². The lowest BCUT2D eigenvalue weighted by atomic mass is 10.1. The minimum atomic E-state index is -0.329. The summed E-state index contributed by atoms with van der Waals surface area (Å²) in [6.45, 7) is 3.80. The van der Waals surface area contributed by atoms with Gasteiger partial charge in [0.1, 0.15) is 11.6 Å². The molecule has 1 rings (SSSR count). The van der Waals surface area contributed by atoms with Crippen LogP contribution in [0.2, 0.25) is 0 Å². The van der Waals surface area contributed by atoms with Crippen LogP contribution in [0.25, 0.3) is 0 Å². The molecule has 1 amide bonds. The molecular formula is C10H12ClNO2. The van der Waals surface area contributed by atoms with Crippen LogP contribution in [0.1, 0.15) is 11.1 Å². The minimum Gasteiger partial charge on any atom is -0.506 e. The van der Waals surface area contributed by atoms with Crippen LogP contribution in [0.3, 0.4) is 0 Å². The molecule has 3 nitrogen and oxygen atoms in total. The third kappa shape index (κ3) is 2.39. The van der Waals surface area contributed by atoms with E-state index in [-0.39, 0.29) is 17.5 Å². The van der Waals surface area contributed by atoms with Gasteiger partial charge in [0, 0.05) is 0 Å². The lowest BCUT2D eigenvalue weighted by Crippen LogP contribution is -2.12. The van der Waals surface area contributed by atoms with Gasteiger partial charge in [-0.15, -0.1) is 11.6 Å². The van der Waals surface area contributed by atoms with Gasteiger partial charge in [-0.3, -0.25) is 4.79 Å². The highest BCUT2D eigenvalue weighted by Gasteiger charge is 2.06. The van der Waals surface area contributed by atoms with Crippen LogP contribution in [0.4, 0.5) is 5.69 Å². The number of carbonyl (C=O) groups is 1. The van der Waals surface area contributed by atoms with Crippen molar-refractivity contribution >= 4 is 23.2 Å². The molecule has 0 aliphatic rings. The molecule has 1 aromatic rings. The van der Waals surface area contributed by atoms with E-state index < -0.39 is 0 Å². The molecule has 76 valence electrons. The summed E-state index contributed by atoms with van der Waals surface area (Å²) in [6, 6.07) is 3.33. The van der Waals surface area contributed by atoms with Crippen LogP contribution in [-0.2, 0) is 4.79 Å². The summed E-state index contributed by atoms with van der Waals surface area (Å²) in [6.07, 6.45) is 0. The van der Waals surface area contributed by atoms with Crippen molar-refractivity contribution in [1.82, 2.24) is 0 Å². The summed E-state index contributed by atoms with van der Waals surface area (Å²) < 4.78 is 0. The smallest absolute Gasteiger partial charge is 0.239 e. The van der Waals surface area contributed by atoms with E-state index in [0.717, 1.165) is 11.1 Å². The van der Waals surface area contributed by atoms with Crippen molar-refractivity contribution < 1.29 is 9.90 Å². The Bertz CT molecular complexity index is 363.